The zero-order valence-corrected chi connectivity index (χ0v) is 7.26. The number of carbonyl (C=O) groups is 1. The molecule has 0 radical (unpaired) electrons. The van der Waals surface area contributed by atoms with E-state index >= 15 is 0 Å². The van der Waals surface area contributed by atoms with Crippen molar-refractivity contribution in [3.63, 3.8) is 0 Å². The number of methoxy groups -OCH3 is 1. The molecule has 0 spiro atoms. The maximum atomic E-state index is 10.5. The third-order valence-corrected chi connectivity index (χ3v) is 1.06. The van der Waals surface area contributed by atoms with Crippen molar-refractivity contribution >= 4 is 5.97 Å². The quantitative estimate of drug-likeness (QED) is 0.487. The van der Waals surface area contributed by atoms with Crippen LogP contribution in [0.15, 0.2) is 12.3 Å². The zero-order chi connectivity index (χ0) is 8.69. The van der Waals surface area contributed by atoms with E-state index in [0.717, 1.165) is 6.54 Å². The van der Waals surface area contributed by atoms with Gasteiger partial charge in [0, 0.05) is 18.8 Å². The summed E-state index contributed by atoms with van der Waals surface area (Å²) < 4.78 is 4.39. The summed E-state index contributed by atoms with van der Waals surface area (Å²) >= 11 is 0. The fraction of sp³-hybridized carbons (Fsp3) is 0.625. The van der Waals surface area contributed by atoms with Crippen LogP contribution < -0.4 is 5.32 Å². The van der Waals surface area contributed by atoms with Gasteiger partial charge in [0.05, 0.1) is 7.11 Å². The van der Waals surface area contributed by atoms with Crippen LogP contribution in [0.2, 0.25) is 0 Å². The van der Waals surface area contributed by atoms with Crippen LogP contribution in [-0.2, 0) is 9.53 Å². The van der Waals surface area contributed by atoms with E-state index in [0.29, 0.717) is 5.92 Å². The average molecular weight is 157 g/mol. The molecular weight excluding hydrogens is 142 g/mol. The molecule has 11 heavy (non-hydrogen) atoms. The number of hydrogen-bond donors (Lipinski definition) is 1. The van der Waals surface area contributed by atoms with Crippen molar-refractivity contribution in [2.75, 3.05) is 13.7 Å². The third kappa shape index (κ3) is 6.90. The molecule has 0 aliphatic carbocycles. The molecule has 1 N–H and O–H groups in total. The lowest BCUT2D eigenvalue weighted by Crippen LogP contribution is -2.13. The van der Waals surface area contributed by atoms with E-state index in [1.807, 2.05) is 0 Å². The van der Waals surface area contributed by atoms with Crippen molar-refractivity contribution in [3.8, 4) is 0 Å². The highest BCUT2D eigenvalue weighted by molar-refractivity contribution is 5.81. The molecule has 0 aliphatic heterocycles. The molecule has 0 bridgehead atoms. The molecule has 0 unspecified atom stereocenters. The fourth-order valence-electron chi connectivity index (χ4n) is 0.499. The van der Waals surface area contributed by atoms with E-state index in [1.165, 1.54) is 13.2 Å². The molecule has 0 rings (SSSR count). The minimum absolute atomic E-state index is 0.332. The predicted octanol–water partition coefficient (Wildman–Crippen LogP) is 0.919. The van der Waals surface area contributed by atoms with E-state index in [9.17, 15) is 4.79 Å². The summed E-state index contributed by atoms with van der Waals surface area (Å²) in [6.07, 6.45) is 2.97. The molecule has 3 nitrogen and oxygen atoms in total. The van der Waals surface area contributed by atoms with E-state index < -0.39 is 0 Å². The van der Waals surface area contributed by atoms with Crippen LogP contribution >= 0.6 is 0 Å². The number of nitrogens with one attached hydrogen (secondary N) is 1. The minimum Gasteiger partial charge on any atom is -0.466 e. The highest BCUT2D eigenvalue weighted by Crippen LogP contribution is 1.86. The second-order valence-corrected chi connectivity index (χ2v) is 2.66. The van der Waals surface area contributed by atoms with Gasteiger partial charge in [-0.05, 0) is 5.92 Å². The fourth-order valence-corrected chi connectivity index (χ4v) is 0.499. The lowest BCUT2D eigenvalue weighted by Gasteiger charge is -2.02. The third-order valence-electron chi connectivity index (χ3n) is 1.06. The molecule has 0 saturated carbocycles. The van der Waals surface area contributed by atoms with E-state index in [-0.39, 0.29) is 5.97 Å². The molecule has 0 amide bonds. The van der Waals surface area contributed by atoms with Crippen LogP contribution in [0.4, 0.5) is 0 Å². The zero-order valence-electron chi connectivity index (χ0n) is 7.26. The van der Waals surface area contributed by atoms with Gasteiger partial charge < -0.3 is 10.1 Å². The van der Waals surface area contributed by atoms with Gasteiger partial charge in [0.25, 0.3) is 0 Å². The normalized spacial score (nSPS) is 10.5. The Labute approximate surface area is 67.4 Å². The van der Waals surface area contributed by atoms with Gasteiger partial charge >= 0.3 is 5.97 Å². The van der Waals surface area contributed by atoms with Gasteiger partial charge in [-0.1, -0.05) is 13.8 Å². The van der Waals surface area contributed by atoms with Crippen molar-refractivity contribution in [3.05, 3.63) is 12.3 Å². The second kappa shape index (κ2) is 5.77. The Morgan fingerprint density at radius 2 is 2.27 bits per heavy atom. The number of carbonyl (C=O) groups excluding carboxylic acids is 1. The van der Waals surface area contributed by atoms with Crippen molar-refractivity contribution in [2.45, 2.75) is 13.8 Å². The molecule has 0 saturated heterocycles. The molecule has 0 heterocycles. The summed E-state index contributed by atoms with van der Waals surface area (Å²) in [5.74, 6) is 0.249. The molecule has 0 aromatic heterocycles. The van der Waals surface area contributed by atoms with Crippen molar-refractivity contribution in [1.29, 1.82) is 0 Å². The maximum absolute atomic E-state index is 10.5. The first kappa shape index (κ1) is 10.0. The van der Waals surface area contributed by atoms with Gasteiger partial charge in [0.15, 0.2) is 0 Å². The highest BCUT2D eigenvalue weighted by Gasteiger charge is 1.90. The Morgan fingerprint density at radius 1 is 1.64 bits per heavy atom. The van der Waals surface area contributed by atoms with Gasteiger partial charge in [-0.3, -0.25) is 0 Å². The number of esters is 1. The highest BCUT2D eigenvalue weighted by atomic mass is 16.5. The molecule has 0 aliphatic rings. The van der Waals surface area contributed by atoms with E-state index in [2.05, 4.69) is 23.9 Å². The van der Waals surface area contributed by atoms with Gasteiger partial charge in [0.1, 0.15) is 0 Å². The summed E-state index contributed by atoms with van der Waals surface area (Å²) in [7, 11) is 1.36. The monoisotopic (exact) mass is 157 g/mol. The van der Waals surface area contributed by atoms with Gasteiger partial charge in [-0.25, -0.2) is 4.79 Å². The van der Waals surface area contributed by atoms with E-state index in [1.54, 1.807) is 6.20 Å². The predicted molar refractivity (Wildman–Crippen MR) is 44.0 cm³/mol. The first-order chi connectivity index (χ1) is 5.16. The van der Waals surface area contributed by atoms with Crippen LogP contribution in [-0.4, -0.2) is 19.6 Å². The topological polar surface area (TPSA) is 38.3 Å². The van der Waals surface area contributed by atoms with Gasteiger partial charge in [0.2, 0.25) is 0 Å². The lowest BCUT2D eigenvalue weighted by molar-refractivity contribution is -0.134. The Balaban J connectivity index is 3.37. The number of ether oxygens (including phenoxy) is 1. The summed E-state index contributed by atoms with van der Waals surface area (Å²) in [6.45, 7) is 5.06. The van der Waals surface area contributed by atoms with Gasteiger partial charge in [-0.15, -0.1) is 0 Å². The average Bonchev–Trinajstić information content (AvgIpc) is 1.97. The largest absolute Gasteiger partial charge is 0.466 e. The van der Waals surface area contributed by atoms with Crippen LogP contribution in [0, 0.1) is 5.92 Å². The van der Waals surface area contributed by atoms with Crippen LogP contribution in [0.5, 0.6) is 0 Å². The lowest BCUT2D eigenvalue weighted by atomic mass is 10.2. The van der Waals surface area contributed by atoms with Crippen molar-refractivity contribution in [2.24, 2.45) is 5.92 Å². The molecule has 3 heteroatoms. The Kier molecular flexibility index (Phi) is 5.25. The van der Waals surface area contributed by atoms with Crippen LogP contribution in [0.25, 0.3) is 0 Å². The Hall–Kier alpha value is -0.990. The molecule has 0 fully saturated rings. The summed E-state index contributed by atoms with van der Waals surface area (Å²) in [5.41, 5.74) is 0. The van der Waals surface area contributed by atoms with Gasteiger partial charge in [-0.2, -0.15) is 0 Å². The molecular formula is C8H15NO2. The second-order valence-electron chi connectivity index (χ2n) is 2.66. The van der Waals surface area contributed by atoms with Crippen LogP contribution in [0.1, 0.15) is 13.8 Å². The first-order valence-electron chi connectivity index (χ1n) is 3.64. The molecule has 64 valence electrons. The summed E-state index contributed by atoms with van der Waals surface area (Å²) in [6, 6.07) is 0. The summed E-state index contributed by atoms with van der Waals surface area (Å²) in [4.78, 5) is 10.5. The smallest absolute Gasteiger partial charge is 0.331 e. The SMILES string of the molecule is COC(=O)/C=C/NCC(C)C. The Morgan fingerprint density at radius 3 is 2.73 bits per heavy atom. The maximum Gasteiger partial charge on any atom is 0.331 e. The first-order valence-corrected chi connectivity index (χ1v) is 3.64. The standard InChI is InChI=1S/C8H15NO2/c1-7(2)6-9-5-4-8(10)11-3/h4-5,7,9H,6H2,1-3H3/b5-4+. The molecule has 0 atom stereocenters. The molecule has 0 aromatic rings. The number of hydrogen-bond acceptors (Lipinski definition) is 3. The Bertz CT molecular complexity index is 141. The van der Waals surface area contributed by atoms with E-state index in [4.69, 9.17) is 0 Å². The minimum atomic E-state index is -0.332. The van der Waals surface area contributed by atoms with Crippen LogP contribution in [0.3, 0.4) is 0 Å². The van der Waals surface area contributed by atoms with Crippen molar-refractivity contribution < 1.29 is 9.53 Å². The molecule has 0 aromatic carbocycles. The van der Waals surface area contributed by atoms with Crippen molar-refractivity contribution in [1.82, 2.24) is 5.32 Å². The summed E-state index contributed by atoms with van der Waals surface area (Å²) in [5, 5.41) is 2.97. The number of rotatable bonds is 4.